The molecule has 0 bridgehead atoms. The molecule has 0 aliphatic carbocycles. The lowest BCUT2D eigenvalue weighted by Crippen LogP contribution is -2.06. The predicted octanol–water partition coefficient (Wildman–Crippen LogP) is 2.46. The largest absolute Gasteiger partial charge is 0.384 e. The quantitative estimate of drug-likeness (QED) is 0.898. The normalized spacial score (nSPS) is 11.1. The first-order valence-electron chi connectivity index (χ1n) is 6.28. The van der Waals surface area contributed by atoms with Crippen LogP contribution in [0, 0.1) is 0 Å². The number of anilines is 1. The van der Waals surface area contributed by atoms with E-state index in [9.17, 15) is 0 Å². The van der Waals surface area contributed by atoms with Crippen LogP contribution in [0.2, 0.25) is 0 Å². The molecule has 18 heavy (non-hydrogen) atoms. The van der Waals surface area contributed by atoms with Gasteiger partial charge in [-0.3, -0.25) is 4.68 Å². The summed E-state index contributed by atoms with van der Waals surface area (Å²) < 4.78 is 1.95. The van der Waals surface area contributed by atoms with E-state index in [1.807, 2.05) is 10.7 Å². The van der Waals surface area contributed by atoms with E-state index in [1.54, 1.807) is 12.3 Å². The maximum absolute atomic E-state index is 5.85. The maximum Gasteiger partial charge on any atom is 0.134 e. The van der Waals surface area contributed by atoms with Gasteiger partial charge in [-0.15, -0.1) is 0 Å². The van der Waals surface area contributed by atoms with E-state index in [2.05, 4.69) is 35.8 Å². The Kier molecular flexibility index (Phi) is 3.60. The summed E-state index contributed by atoms with van der Waals surface area (Å²) in [7, 11) is 0. The van der Waals surface area contributed by atoms with Crippen molar-refractivity contribution in [2.75, 3.05) is 5.73 Å². The van der Waals surface area contributed by atoms with Crippen molar-refractivity contribution in [3.63, 3.8) is 0 Å². The molecule has 0 saturated heterocycles. The van der Waals surface area contributed by atoms with Gasteiger partial charge in [0.1, 0.15) is 11.6 Å². The van der Waals surface area contributed by atoms with Gasteiger partial charge in [-0.05, 0) is 12.5 Å². The van der Waals surface area contributed by atoms with Gasteiger partial charge in [-0.1, -0.05) is 20.8 Å². The van der Waals surface area contributed by atoms with Gasteiger partial charge < -0.3 is 5.73 Å². The topological polar surface area (TPSA) is 69.6 Å². The monoisotopic (exact) mass is 245 g/mol. The van der Waals surface area contributed by atoms with Crippen molar-refractivity contribution < 1.29 is 0 Å². The average Bonchev–Trinajstić information content (AvgIpc) is 2.77. The van der Waals surface area contributed by atoms with E-state index in [4.69, 9.17) is 5.73 Å². The lowest BCUT2D eigenvalue weighted by Gasteiger charge is -2.09. The zero-order valence-corrected chi connectivity index (χ0v) is 11.1. The highest BCUT2D eigenvalue weighted by atomic mass is 15.3. The molecule has 0 aromatic carbocycles. The van der Waals surface area contributed by atoms with Crippen LogP contribution < -0.4 is 5.73 Å². The summed E-state index contributed by atoms with van der Waals surface area (Å²) in [5.74, 6) is 1.54. The zero-order chi connectivity index (χ0) is 13.1. The van der Waals surface area contributed by atoms with E-state index < -0.39 is 0 Å². The van der Waals surface area contributed by atoms with Crippen LogP contribution in [-0.2, 0) is 6.54 Å². The van der Waals surface area contributed by atoms with Gasteiger partial charge in [0.15, 0.2) is 0 Å². The second kappa shape index (κ2) is 5.16. The fourth-order valence-corrected chi connectivity index (χ4v) is 1.81. The van der Waals surface area contributed by atoms with Crippen LogP contribution in [0.5, 0.6) is 0 Å². The first-order chi connectivity index (χ1) is 8.61. The van der Waals surface area contributed by atoms with Gasteiger partial charge in [0.05, 0.1) is 11.4 Å². The minimum absolute atomic E-state index is 0.259. The van der Waals surface area contributed by atoms with Crippen molar-refractivity contribution in [1.29, 1.82) is 0 Å². The Balaban J connectivity index is 2.46. The summed E-state index contributed by atoms with van der Waals surface area (Å²) in [6, 6.07) is 3.76. The Morgan fingerprint density at radius 3 is 2.78 bits per heavy atom. The van der Waals surface area contributed by atoms with Crippen molar-refractivity contribution in [2.24, 2.45) is 0 Å². The smallest absolute Gasteiger partial charge is 0.134 e. The van der Waals surface area contributed by atoms with Crippen LogP contribution in [0.15, 0.2) is 18.3 Å². The first kappa shape index (κ1) is 12.5. The number of hydrogen-bond acceptors (Lipinski definition) is 4. The fourth-order valence-electron chi connectivity index (χ4n) is 1.81. The molecule has 2 N–H and O–H groups in total. The lowest BCUT2D eigenvalue weighted by molar-refractivity contribution is 0.607. The number of rotatable bonds is 4. The summed E-state index contributed by atoms with van der Waals surface area (Å²) >= 11 is 0. The number of aromatic nitrogens is 4. The van der Waals surface area contributed by atoms with Gasteiger partial charge in [0.25, 0.3) is 0 Å². The lowest BCUT2D eigenvalue weighted by atomic mass is 10.2. The van der Waals surface area contributed by atoms with Gasteiger partial charge in [0.2, 0.25) is 0 Å². The van der Waals surface area contributed by atoms with Crippen LogP contribution in [0.3, 0.4) is 0 Å². The van der Waals surface area contributed by atoms with E-state index >= 15 is 0 Å². The molecular formula is C13H19N5. The van der Waals surface area contributed by atoms with Crippen molar-refractivity contribution in [3.05, 3.63) is 24.2 Å². The number of aryl methyl sites for hydroxylation is 1. The molecular weight excluding hydrogens is 226 g/mol. The molecule has 5 heteroatoms. The molecule has 0 aliphatic heterocycles. The Morgan fingerprint density at radius 1 is 1.33 bits per heavy atom. The molecule has 2 aromatic rings. The SMILES string of the molecule is CCCn1nccc1-c1cc(N)nc(C(C)C)n1. The summed E-state index contributed by atoms with van der Waals surface area (Å²) in [6.45, 7) is 7.12. The molecule has 96 valence electrons. The molecule has 2 aromatic heterocycles. The van der Waals surface area contributed by atoms with Gasteiger partial charge in [0, 0.05) is 24.7 Å². The molecule has 0 fully saturated rings. The fraction of sp³-hybridized carbons (Fsp3) is 0.462. The Labute approximate surface area is 107 Å². The van der Waals surface area contributed by atoms with Crippen LogP contribution in [0.4, 0.5) is 5.82 Å². The van der Waals surface area contributed by atoms with Crippen molar-refractivity contribution >= 4 is 5.82 Å². The number of nitrogens with two attached hydrogens (primary N) is 1. The third-order valence-corrected chi connectivity index (χ3v) is 2.69. The van der Waals surface area contributed by atoms with Gasteiger partial charge in [-0.2, -0.15) is 5.10 Å². The number of nitrogens with zero attached hydrogens (tertiary/aromatic N) is 4. The molecule has 0 atom stereocenters. The molecule has 5 nitrogen and oxygen atoms in total. The Morgan fingerprint density at radius 2 is 2.11 bits per heavy atom. The molecule has 0 aliphatic rings. The molecule has 0 saturated carbocycles. The van der Waals surface area contributed by atoms with Crippen LogP contribution in [0.1, 0.15) is 38.9 Å². The molecule has 0 radical (unpaired) electrons. The highest BCUT2D eigenvalue weighted by Gasteiger charge is 2.11. The minimum atomic E-state index is 0.259. The summed E-state index contributed by atoms with van der Waals surface area (Å²) in [5.41, 5.74) is 7.68. The standard InChI is InChI=1S/C13H19N5/c1-4-7-18-11(5-6-15-18)10-8-12(14)17-13(16-10)9(2)3/h5-6,8-9H,4,7H2,1-3H3,(H2,14,16,17). The van der Waals surface area contributed by atoms with Crippen LogP contribution >= 0.6 is 0 Å². The molecule has 0 unspecified atom stereocenters. The molecule has 2 rings (SSSR count). The first-order valence-corrected chi connectivity index (χ1v) is 6.28. The summed E-state index contributed by atoms with van der Waals surface area (Å²) in [5, 5.41) is 4.30. The molecule has 2 heterocycles. The zero-order valence-electron chi connectivity index (χ0n) is 11.1. The highest BCUT2D eigenvalue weighted by Crippen LogP contribution is 2.21. The average molecular weight is 245 g/mol. The van der Waals surface area contributed by atoms with E-state index in [-0.39, 0.29) is 5.92 Å². The van der Waals surface area contributed by atoms with Gasteiger partial charge in [-0.25, -0.2) is 9.97 Å². The van der Waals surface area contributed by atoms with E-state index in [0.717, 1.165) is 30.2 Å². The van der Waals surface area contributed by atoms with E-state index in [1.165, 1.54) is 0 Å². The Hall–Kier alpha value is -1.91. The molecule has 0 spiro atoms. The van der Waals surface area contributed by atoms with Crippen molar-refractivity contribution in [2.45, 2.75) is 39.7 Å². The van der Waals surface area contributed by atoms with Crippen molar-refractivity contribution in [3.8, 4) is 11.4 Å². The van der Waals surface area contributed by atoms with Crippen molar-refractivity contribution in [1.82, 2.24) is 19.7 Å². The third-order valence-electron chi connectivity index (χ3n) is 2.69. The Bertz CT molecular complexity index is 530. The summed E-state index contributed by atoms with van der Waals surface area (Å²) in [6.07, 6.45) is 2.82. The molecule has 0 amide bonds. The number of hydrogen-bond donors (Lipinski definition) is 1. The second-order valence-electron chi connectivity index (χ2n) is 4.63. The summed E-state index contributed by atoms with van der Waals surface area (Å²) in [4.78, 5) is 8.82. The number of nitrogen functional groups attached to an aromatic ring is 1. The van der Waals surface area contributed by atoms with E-state index in [0.29, 0.717) is 5.82 Å². The van der Waals surface area contributed by atoms with Gasteiger partial charge >= 0.3 is 0 Å². The highest BCUT2D eigenvalue weighted by molar-refractivity contribution is 5.57. The minimum Gasteiger partial charge on any atom is -0.384 e. The van der Waals surface area contributed by atoms with Crippen LogP contribution in [0.25, 0.3) is 11.4 Å². The van der Waals surface area contributed by atoms with Crippen LogP contribution in [-0.4, -0.2) is 19.7 Å². The third kappa shape index (κ3) is 2.50. The predicted molar refractivity (Wildman–Crippen MR) is 72.0 cm³/mol. The second-order valence-corrected chi connectivity index (χ2v) is 4.63. The maximum atomic E-state index is 5.85.